The predicted octanol–water partition coefficient (Wildman–Crippen LogP) is 3.78. The fourth-order valence-electron chi connectivity index (χ4n) is 3.76. The molecule has 0 bridgehead atoms. The van der Waals surface area contributed by atoms with Gasteiger partial charge in [0, 0.05) is 0 Å². The summed E-state index contributed by atoms with van der Waals surface area (Å²) in [6, 6.07) is 0. The summed E-state index contributed by atoms with van der Waals surface area (Å²) < 4.78 is 0. The summed E-state index contributed by atoms with van der Waals surface area (Å²) in [6.45, 7) is 11.3. The van der Waals surface area contributed by atoms with Crippen LogP contribution >= 0.6 is 0 Å². The van der Waals surface area contributed by atoms with E-state index in [0.29, 0.717) is 5.92 Å². The van der Waals surface area contributed by atoms with E-state index in [1.807, 2.05) is 0 Å². The van der Waals surface area contributed by atoms with Crippen molar-refractivity contribution in [3.05, 3.63) is 11.1 Å². The van der Waals surface area contributed by atoms with E-state index in [1.165, 1.54) is 24.8 Å². The van der Waals surface area contributed by atoms with Crippen LogP contribution in [0.15, 0.2) is 11.1 Å². The molecule has 2 aliphatic rings. The van der Waals surface area contributed by atoms with Crippen molar-refractivity contribution >= 4 is 0 Å². The van der Waals surface area contributed by atoms with Crippen LogP contribution in [0.4, 0.5) is 0 Å². The van der Waals surface area contributed by atoms with Crippen LogP contribution in [0.5, 0.6) is 0 Å². The second-order valence-electron chi connectivity index (χ2n) is 6.85. The largest absolute Gasteiger partial charge is 0.388 e. The molecule has 2 aliphatic carbocycles. The van der Waals surface area contributed by atoms with E-state index in [9.17, 15) is 5.11 Å². The van der Waals surface area contributed by atoms with E-state index >= 15 is 0 Å². The molecule has 1 heteroatoms. The molecule has 0 spiro atoms. The Labute approximate surface area is 99.9 Å². The average Bonchev–Trinajstić information content (AvgIpc) is 2.48. The topological polar surface area (TPSA) is 20.2 Å². The molecule has 1 fully saturated rings. The summed E-state index contributed by atoms with van der Waals surface area (Å²) in [5.74, 6) is 2.06. The molecule has 2 rings (SSSR count). The van der Waals surface area contributed by atoms with Gasteiger partial charge < -0.3 is 5.11 Å². The zero-order chi connectivity index (χ0) is 12.1. The Hall–Kier alpha value is -0.300. The van der Waals surface area contributed by atoms with Crippen molar-refractivity contribution in [2.75, 3.05) is 0 Å². The van der Waals surface area contributed by atoms with Gasteiger partial charge in [-0.05, 0) is 48.0 Å². The quantitative estimate of drug-likeness (QED) is 0.669. The molecule has 1 N–H and O–H groups in total. The van der Waals surface area contributed by atoms with Crippen molar-refractivity contribution in [3.63, 3.8) is 0 Å². The number of aliphatic hydroxyl groups is 1. The van der Waals surface area contributed by atoms with Crippen LogP contribution in [-0.4, -0.2) is 11.2 Å². The highest BCUT2D eigenvalue weighted by Gasteiger charge is 2.45. The van der Waals surface area contributed by atoms with Crippen LogP contribution in [0.25, 0.3) is 0 Å². The third-order valence-corrected chi connectivity index (χ3v) is 4.78. The van der Waals surface area contributed by atoms with Gasteiger partial charge in [-0.1, -0.05) is 40.2 Å². The average molecular weight is 222 g/mol. The Balaban J connectivity index is 2.45. The van der Waals surface area contributed by atoms with E-state index < -0.39 is 0 Å². The van der Waals surface area contributed by atoms with Gasteiger partial charge >= 0.3 is 0 Å². The highest BCUT2D eigenvalue weighted by Crippen LogP contribution is 2.52. The lowest BCUT2D eigenvalue weighted by Crippen LogP contribution is -2.40. The van der Waals surface area contributed by atoms with Gasteiger partial charge in [-0.25, -0.2) is 0 Å². The summed E-state index contributed by atoms with van der Waals surface area (Å²) in [5, 5.41) is 10.5. The number of rotatable bonds is 1. The third-order valence-electron chi connectivity index (χ3n) is 4.78. The van der Waals surface area contributed by atoms with Gasteiger partial charge in [0.05, 0.1) is 6.10 Å². The monoisotopic (exact) mass is 222 g/mol. The molecule has 0 aromatic heterocycles. The van der Waals surface area contributed by atoms with Crippen molar-refractivity contribution in [1.82, 2.24) is 0 Å². The second kappa shape index (κ2) is 3.87. The number of allylic oxidation sites excluding steroid dienone is 1. The molecule has 0 aliphatic heterocycles. The Kier molecular flexibility index (Phi) is 2.94. The fourth-order valence-corrected chi connectivity index (χ4v) is 3.76. The van der Waals surface area contributed by atoms with Crippen molar-refractivity contribution in [2.24, 2.45) is 23.2 Å². The molecule has 0 saturated heterocycles. The van der Waals surface area contributed by atoms with Gasteiger partial charge in [-0.15, -0.1) is 0 Å². The normalized spacial score (nSPS) is 38.1. The Morgan fingerprint density at radius 2 is 1.94 bits per heavy atom. The van der Waals surface area contributed by atoms with Crippen LogP contribution in [0.3, 0.4) is 0 Å². The molecule has 0 aromatic rings. The summed E-state index contributed by atoms with van der Waals surface area (Å²) >= 11 is 0. The van der Waals surface area contributed by atoms with Crippen LogP contribution in [0.2, 0.25) is 0 Å². The minimum Gasteiger partial charge on any atom is -0.388 e. The molecular weight excluding hydrogens is 196 g/mol. The highest BCUT2D eigenvalue weighted by molar-refractivity contribution is 5.31. The minimum atomic E-state index is -0.218. The lowest BCUT2D eigenvalue weighted by atomic mass is 9.64. The second-order valence-corrected chi connectivity index (χ2v) is 6.85. The molecule has 3 atom stereocenters. The van der Waals surface area contributed by atoms with Crippen LogP contribution in [-0.2, 0) is 0 Å². The molecule has 0 unspecified atom stereocenters. The molecule has 1 saturated carbocycles. The predicted molar refractivity (Wildman–Crippen MR) is 68.2 cm³/mol. The maximum atomic E-state index is 10.5. The zero-order valence-corrected chi connectivity index (χ0v) is 11.4. The summed E-state index contributed by atoms with van der Waals surface area (Å²) in [6.07, 6.45) is 3.50. The van der Waals surface area contributed by atoms with Crippen molar-refractivity contribution in [2.45, 2.75) is 60.0 Å². The van der Waals surface area contributed by atoms with Gasteiger partial charge in [-0.3, -0.25) is 0 Å². The number of fused-ring (bicyclic) bond motifs is 1. The Bertz CT molecular complexity index is 311. The van der Waals surface area contributed by atoms with E-state index in [4.69, 9.17) is 0 Å². The Morgan fingerprint density at radius 1 is 1.31 bits per heavy atom. The molecule has 16 heavy (non-hydrogen) atoms. The van der Waals surface area contributed by atoms with Gasteiger partial charge in [0.2, 0.25) is 0 Å². The number of hydrogen-bond acceptors (Lipinski definition) is 1. The van der Waals surface area contributed by atoms with Crippen molar-refractivity contribution in [3.8, 4) is 0 Å². The lowest BCUT2D eigenvalue weighted by molar-refractivity contribution is 0.0396. The highest BCUT2D eigenvalue weighted by atomic mass is 16.3. The van der Waals surface area contributed by atoms with Crippen LogP contribution in [0.1, 0.15) is 53.9 Å². The summed E-state index contributed by atoms with van der Waals surface area (Å²) in [7, 11) is 0. The first-order valence-corrected chi connectivity index (χ1v) is 6.75. The molecule has 1 nitrogen and oxygen atoms in total. The van der Waals surface area contributed by atoms with Crippen LogP contribution in [0, 0.1) is 23.2 Å². The molecule has 0 radical (unpaired) electrons. The van der Waals surface area contributed by atoms with Crippen molar-refractivity contribution in [1.29, 1.82) is 0 Å². The maximum Gasteiger partial charge on any atom is 0.0806 e. The lowest BCUT2D eigenvalue weighted by Gasteiger charge is -2.43. The SMILES string of the molecule is CC(C)C1=C2CC[C@H](C)[C@H]2CC(C)(C)[C@H]1O. The van der Waals surface area contributed by atoms with E-state index in [2.05, 4.69) is 34.6 Å². The first kappa shape index (κ1) is 12.2. The molecule has 0 amide bonds. The molecule has 0 heterocycles. The van der Waals surface area contributed by atoms with E-state index in [-0.39, 0.29) is 11.5 Å². The van der Waals surface area contributed by atoms with Gasteiger partial charge in [-0.2, -0.15) is 0 Å². The number of aliphatic hydroxyl groups excluding tert-OH is 1. The van der Waals surface area contributed by atoms with E-state index in [0.717, 1.165) is 11.8 Å². The van der Waals surface area contributed by atoms with Crippen LogP contribution < -0.4 is 0 Å². The van der Waals surface area contributed by atoms with Gasteiger partial charge in [0.1, 0.15) is 0 Å². The molecule has 0 aromatic carbocycles. The van der Waals surface area contributed by atoms with Crippen molar-refractivity contribution < 1.29 is 5.11 Å². The third kappa shape index (κ3) is 1.73. The smallest absolute Gasteiger partial charge is 0.0806 e. The van der Waals surface area contributed by atoms with E-state index in [1.54, 1.807) is 5.57 Å². The first-order chi connectivity index (χ1) is 7.34. The minimum absolute atomic E-state index is 0.0619. The standard InChI is InChI=1S/C15H26O/c1-9(2)13-11-7-6-10(3)12(11)8-15(4,5)14(13)16/h9-10,12,14,16H,6-8H2,1-5H3/t10-,12+,14-/m0/s1. The Morgan fingerprint density at radius 3 is 2.50 bits per heavy atom. The maximum absolute atomic E-state index is 10.5. The van der Waals surface area contributed by atoms with Gasteiger partial charge in [0.25, 0.3) is 0 Å². The zero-order valence-electron chi connectivity index (χ0n) is 11.4. The first-order valence-electron chi connectivity index (χ1n) is 6.75. The molecule has 92 valence electrons. The fraction of sp³-hybridized carbons (Fsp3) is 0.867. The van der Waals surface area contributed by atoms with Gasteiger partial charge in [0.15, 0.2) is 0 Å². The summed E-state index contributed by atoms with van der Waals surface area (Å²) in [5.41, 5.74) is 3.03. The number of hydrogen-bond donors (Lipinski definition) is 1. The molecular formula is C15H26O. The summed E-state index contributed by atoms with van der Waals surface area (Å²) in [4.78, 5) is 0.